The monoisotopic (exact) mass is 298 g/mol. The number of urea groups is 1. The average molecular weight is 298 g/mol. The molecule has 0 aliphatic carbocycles. The number of carbonyl (C=O) groups excluding carboxylic acids is 1. The van der Waals surface area contributed by atoms with Crippen molar-refractivity contribution in [2.75, 3.05) is 19.1 Å². The van der Waals surface area contributed by atoms with Gasteiger partial charge in [-0.05, 0) is 30.0 Å². The van der Waals surface area contributed by atoms with E-state index in [1.807, 2.05) is 5.48 Å². The topological polar surface area (TPSA) is 41.6 Å². The number of amides is 2. The number of benzene rings is 1. The third-order valence-corrected chi connectivity index (χ3v) is 2.73. The van der Waals surface area contributed by atoms with E-state index in [9.17, 15) is 22.4 Å². The number of alkyl halides is 3. The standard InChI is InChI=1S/C10H10F4N2O2S/c1-16(9(17)15-18-2)8-4-3-6(5-7(8)11)19-10(12,13)14/h3-5H,1-2H3,(H,15,17). The molecule has 0 aromatic heterocycles. The Morgan fingerprint density at radius 2 is 2.05 bits per heavy atom. The highest BCUT2D eigenvalue weighted by atomic mass is 32.2. The van der Waals surface area contributed by atoms with E-state index in [1.165, 1.54) is 14.2 Å². The molecule has 0 spiro atoms. The van der Waals surface area contributed by atoms with Crippen molar-refractivity contribution in [3.05, 3.63) is 24.0 Å². The average Bonchev–Trinajstić information content (AvgIpc) is 2.26. The first-order chi connectivity index (χ1) is 8.74. The van der Waals surface area contributed by atoms with Crippen molar-refractivity contribution in [1.82, 2.24) is 5.48 Å². The zero-order valence-electron chi connectivity index (χ0n) is 9.92. The predicted octanol–water partition coefficient (Wildman–Crippen LogP) is 3.14. The number of nitrogens with zero attached hydrogens (tertiary/aromatic N) is 1. The van der Waals surface area contributed by atoms with Crippen molar-refractivity contribution in [1.29, 1.82) is 0 Å². The number of carbonyl (C=O) groups is 1. The normalized spacial score (nSPS) is 11.3. The fourth-order valence-electron chi connectivity index (χ4n) is 1.22. The predicted molar refractivity (Wildman–Crippen MR) is 62.3 cm³/mol. The number of hydroxylamine groups is 1. The molecule has 0 unspecified atom stereocenters. The Hall–Kier alpha value is -1.48. The van der Waals surface area contributed by atoms with Gasteiger partial charge in [0.1, 0.15) is 5.82 Å². The van der Waals surface area contributed by atoms with Crippen LogP contribution in [-0.4, -0.2) is 25.7 Å². The van der Waals surface area contributed by atoms with E-state index >= 15 is 0 Å². The van der Waals surface area contributed by atoms with Gasteiger partial charge < -0.3 is 0 Å². The summed E-state index contributed by atoms with van der Waals surface area (Å²) in [6.07, 6.45) is 0. The third kappa shape index (κ3) is 4.60. The molecule has 0 aliphatic heterocycles. The van der Waals surface area contributed by atoms with Crippen LogP contribution < -0.4 is 10.4 Å². The van der Waals surface area contributed by atoms with Gasteiger partial charge >= 0.3 is 11.5 Å². The molecule has 2 amide bonds. The second-order valence-electron chi connectivity index (χ2n) is 3.33. The number of halogens is 4. The van der Waals surface area contributed by atoms with Gasteiger partial charge in [-0.3, -0.25) is 9.74 Å². The van der Waals surface area contributed by atoms with Gasteiger partial charge in [0.05, 0.1) is 12.8 Å². The number of hydrogen-bond donors (Lipinski definition) is 1. The summed E-state index contributed by atoms with van der Waals surface area (Å²) in [5, 5.41) is 0. The molecule has 19 heavy (non-hydrogen) atoms. The summed E-state index contributed by atoms with van der Waals surface area (Å²) in [5.74, 6) is -0.942. The van der Waals surface area contributed by atoms with Crippen molar-refractivity contribution >= 4 is 23.5 Å². The smallest absolute Gasteiger partial charge is 0.293 e. The molecule has 106 valence electrons. The summed E-state index contributed by atoms with van der Waals surface area (Å²) in [7, 11) is 2.45. The summed E-state index contributed by atoms with van der Waals surface area (Å²) >= 11 is -0.430. The first-order valence-corrected chi connectivity index (χ1v) is 5.68. The number of rotatable bonds is 3. The lowest BCUT2D eigenvalue weighted by Crippen LogP contribution is -2.37. The molecule has 1 rings (SSSR count). The molecule has 1 aromatic rings. The summed E-state index contributed by atoms with van der Waals surface area (Å²) in [6.45, 7) is 0. The van der Waals surface area contributed by atoms with E-state index in [-0.39, 0.29) is 10.6 Å². The van der Waals surface area contributed by atoms with Crippen LogP contribution in [0.25, 0.3) is 0 Å². The highest BCUT2D eigenvalue weighted by Gasteiger charge is 2.29. The minimum Gasteiger partial charge on any atom is -0.293 e. The van der Waals surface area contributed by atoms with Gasteiger partial charge in [0.25, 0.3) is 0 Å². The Morgan fingerprint density at radius 1 is 1.42 bits per heavy atom. The molecule has 0 radical (unpaired) electrons. The van der Waals surface area contributed by atoms with Crippen molar-refractivity contribution in [2.45, 2.75) is 10.4 Å². The van der Waals surface area contributed by atoms with Gasteiger partial charge in [-0.1, -0.05) is 0 Å². The van der Waals surface area contributed by atoms with Crippen LogP contribution in [0.5, 0.6) is 0 Å². The van der Waals surface area contributed by atoms with Gasteiger partial charge in [0.2, 0.25) is 0 Å². The number of hydrogen-bond acceptors (Lipinski definition) is 3. The van der Waals surface area contributed by atoms with Gasteiger partial charge in [0.15, 0.2) is 0 Å². The maximum absolute atomic E-state index is 13.6. The molecule has 0 fully saturated rings. The number of thioether (sulfide) groups is 1. The van der Waals surface area contributed by atoms with Crippen LogP contribution in [0.3, 0.4) is 0 Å². The molecule has 0 bridgehead atoms. The lowest BCUT2D eigenvalue weighted by molar-refractivity contribution is -0.0328. The Kier molecular flexibility index (Phi) is 5.01. The van der Waals surface area contributed by atoms with E-state index in [1.54, 1.807) is 0 Å². The maximum Gasteiger partial charge on any atom is 0.446 e. The second-order valence-corrected chi connectivity index (χ2v) is 4.47. The van der Waals surface area contributed by atoms with Crippen LogP contribution in [0.2, 0.25) is 0 Å². The largest absolute Gasteiger partial charge is 0.446 e. The van der Waals surface area contributed by atoms with Gasteiger partial charge in [-0.25, -0.2) is 14.7 Å². The van der Waals surface area contributed by atoms with Crippen LogP contribution in [-0.2, 0) is 4.84 Å². The van der Waals surface area contributed by atoms with Gasteiger partial charge in [-0.2, -0.15) is 13.2 Å². The van der Waals surface area contributed by atoms with E-state index in [0.717, 1.165) is 17.0 Å². The Balaban J connectivity index is 2.91. The van der Waals surface area contributed by atoms with Crippen LogP contribution in [0.1, 0.15) is 0 Å². The van der Waals surface area contributed by atoms with E-state index in [2.05, 4.69) is 4.84 Å². The SMILES string of the molecule is CONC(=O)N(C)c1ccc(SC(F)(F)F)cc1F. The van der Waals surface area contributed by atoms with Crippen molar-refractivity contribution in [3.63, 3.8) is 0 Å². The first-order valence-electron chi connectivity index (χ1n) is 4.86. The Labute approximate surface area is 110 Å². The number of nitrogens with one attached hydrogen (secondary N) is 1. The summed E-state index contributed by atoms with van der Waals surface area (Å²) in [5.41, 5.74) is -2.70. The second kappa shape index (κ2) is 6.11. The molecule has 0 atom stereocenters. The van der Waals surface area contributed by atoms with Crippen molar-refractivity contribution < 1.29 is 27.2 Å². The highest BCUT2D eigenvalue weighted by Crippen LogP contribution is 2.38. The molecule has 4 nitrogen and oxygen atoms in total. The fraction of sp³-hybridized carbons (Fsp3) is 0.300. The van der Waals surface area contributed by atoms with Crippen LogP contribution in [0.4, 0.5) is 28.0 Å². The fourth-order valence-corrected chi connectivity index (χ4v) is 1.79. The van der Waals surface area contributed by atoms with E-state index in [0.29, 0.717) is 6.07 Å². The van der Waals surface area contributed by atoms with Gasteiger partial charge in [-0.15, -0.1) is 0 Å². The van der Waals surface area contributed by atoms with Crippen molar-refractivity contribution in [3.8, 4) is 0 Å². The summed E-state index contributed by atoms with van der Waals surface area (Å²) in [6, 6.07) is 2.12. The zero-order valence-corrected chi connectivity index (χ0v) is 10.7. The highest BCUT2D eigenvalue weighted by molar-refractivity contribution is 8.00. The molecule has 0 saturated heterocycles. The lowest BCUT2D eigenvalue weighted by atomic mass is 10.3. The van der Waals surface area contributed by atoms with Crippen LogP contribution >= 0.6 is 11.8 Å². The van der Waals surface area contributed by atoms with E-state index < -0.39 is 29.1 Å². The molecule has 0 saturated carbocycles. The molecule has 1 N–H and O–H groups in total. The Morgan fingerprint density at radius 3 is 2.53 bits per heavy atom. The lowest BCUT2D eigenvalue weighted by Gasteiger charge is -2.18. The quantitative estimate of drug-likeness (QED) is 0.529. The molecular formula is C10H10F4N2O2S. The molecular weight excluding hydrogens is 288 g/mol. The minimum atomic E-state index is -4.49. The summed E-state index contributed by atoms with van der Waals surface area (Å²) in [4.78, 5) is 16.3. The molecule has 0 heterocycles. The molecule has 0 aliphatic rings. The maximum atomic E-state index is 13.6. The van der Waals surface area contributed by atoms with Crippen LogP contribution in [0, 0.1) is 5.82 Å². The molecule has 9 heteroatoms. The zero-order chi connectivity index (χ0) is 14.6. The van der Waals surface area contributed by atoms with Crippen molar-refractivity contribution in [2.24, 2.45) is 0 Å². The molecule has 1 aromatic carbocycles. The van der Waals surface area contributed by atoms with Gasteiger partial charge in [0, 0.05) is 11.9 Å². The Bertz CT molecular complexity index is 467. The third-order valence-electron chi connectivity index (χ3n) is 2.01. The first kappa shape index (κ1) is 15.6. The van der Waals surface area contributed by atoms with Crippen LogP contribution in [0.15, 0.2) is 23.1 Å². The van der Waals surface area contributed by atoms with E-state index in [4.69, 9.17) is 0 Å². The number of anilines is 1. The summed E-state index contributed by atoms with van der Waals surface area (Å²) < 4.78 is 50.0. The minimum absolute atomic E-state index is 0.166.